The van der Waals surface area contributed by atoms with E-state index in [4.69, 9.17) is 13.9 Å². The van der Waals surface area contributed by atoms with Crippen molar-refractivity contribution in [2.75, 3.05) is 19.5 Å². The standard InChI is InChI=1S/C40H58O6SSi/c1-31(2)37(30-47(42,43)36-25-15-12-16-26-36)38(45-29-34-22-13-11-14-23-34)27-35(39(41)44-8)24-18-20-32(3)19-17-21-33(4)28-46-48(9,10)40(5,6)7/h11-16,20-23,25-27,37-38H,1,17-19,24,28-30H2,2-10H3/b32-20+,33-21+,35-27+/t37-,38+/m1/s1. The average molecular weight is 695 g/mol. The molecule has 0 saturated carbocycles. The van der Waals surface area contributed by atoms with E-state index in [0.717, 1.165) is 18.4 Å². The van der Waals surface area contributed by atoms with Crippen LogP contribution in [0.1, 0.15) is 72.8 Å². The largest absolute Gasteiger partial charge is 0.466 e. The lowest BCUT2D eigenvalue weighted by Gasteiger charge is -2.36. The number of esters is 1. The first kappa shape index (κ1) is 41.1. The fourth-order valence-corrected chi connectivity index (χ4v) is 7.53. The van der Waals surface area contributed by atoms with Gasteiger partial charge in [-0.3, -0.25) is 0 Å². The summed E-state index contributed by atoms with van der Waals surface area (Å²) in [6.07, 6.45) is 8.32. The molecule has 0 aromatic heterocycles. The summed E-state index contributed by atoms with van der Waals surface area (Å²) >= 11 is 0. The minimum absolute atomic E-state index is 0.184. The molecule has 2 rings (SSSR count). The Bertz CT molecular complexity index is 1520. The Hall–Kier alpha value is -3.04. The summed E-state index contributed by atoms with van der Waals surface area (Å²) < 4.78 is 44.8. The van der Waals surface area contributed by atoms with Crippen molar-refractivity contribution >= 4 is 24.1 Å². The average Bonchev–Trinajstić information content (AvgIpc) is 3.04. The predicted octanol–water partition coefficient (Wildman–Crippen LogP) is 9.81. The van der Waals surface area contributed by atoms with Gasteiger partial charge < -0.3 is 13.9 Å². The van der Waals surface area contributed by atoms with Gasteiger partial charge in [-0.2, -0.15) is 0 Å². The van der Waals surface area contributed by atoms with Gasteiger partial charge in [0.1, 0.15) is 0 Å². The molecule has 0 heterocycles. The molecule has 0 bridgehead atoms. The number of benzene rings is 2. The van der Waals surface area contributed by atoms with Crippen molar-refractivity contribution in [3.8, 4) is 0 Å². The maximum atomic E-state index is 13.5. The van der Waals surface area contributed by atoms with Crippen LogP contribution in [0.2, 0.25) is 18.1 Å². The van der Waals surface area contributed by atoms with Crippen LogP contribution in [0.15, 0.2) is 113 Å². The van der Waals surface area contributed by atoms with Gasteiger partial charge in [-0.05, 0) is 88.4 Å². The first-order valence-corrected chi connectivity index (χ1v) is 21.4. The topological polar surface area (TPSA) is 78.9 Å². The summed E-state index contributed by atoms with van der Waals surface area (Å²) in [5.74, 6) is -1.25. The van der Waals surface area contributed by atoms with E-state index < -0.39 is 36.1 Å². The molecule has 0 aliphatic heterocycles. The number of carbonyl (C=O) groups is 1. The van der Waals surface area contributed by atoms with Gasteiger partial charge in [-0.1, -0.05) is 105 Å². The second-order valence-electron chi connectivity index (χ2n) is 14.2. The molecule has 2 atom stereocenters. The summed E-state index contributed by atoms with van der Waals surface area (Å²) in [6.45, 7) is 22.4. The van der Waals surface area contributed by atoms with E-state index in [1.807, 2.05) is 30.3 Å². The smallest absolute Gasteiger partial charge is 0.333 e. The molecule has 0 aliphatic rings. The van der Waals surface area contributed by atoms with Crippen LogP contribution in [0.25, 0.3) is 0 Å². The number of methoxy groups -OCH3 is 1. The van der Waals surface area contributed by atoms with Crippen molar-refractivity contribution in [1.29, 1.82) is 0 Å². The van der Waals surface area contributed by atoms with E-state index in [0.29, 0.717) is 30.6 Å². The molecule has 0 fully saturated rings. The summed E-state index contributed by atoms with van der Waals surface area (Å²) in [6, 6.07) is 18.1. The molecule has 2 aromatic carbocycles. The van der Waals surface area contributed by atoms with Crippen LogP contribution in [0.4, 0.5) is 0 Å². The van der Waals surface area contributed by atoms with Gasteiger partial charge in [0.15, 0.2) is 18.2 Å². The van der Waals surface area contributed by atoms with E-state index in [1.165, 1.54) is 18.3 Å². The lowest BCUT2D eigenvalue weighted by Crippen LogP contribution is -2.41. The Kier molecular flexibility index (Phi) is 16.5. The molecule has 0 amide bonds. The van der Waals surface area contributed by atoms with Crippen LogP contribution in [0.5, 0.6) is 0 Å². The molecule has 264 valence electrons. The molecule has 2 aromatic rings. The second-order valence-corrected chi connectivity index (χ2v) is 21.1. The monoisotopic (exact) mass is 694 g/mol. The van der Waals surface area contributed by atoms with E-state index >= 15 is 0 Å². The highest BCUT2D eigenvalue weighted by molar-refractivity contribution is 7.91. The third kappa shape index (κ3) is 13.8. The highest BCUT2D eigenvalue weighted by Gasteiger charge is 2.37. The number of allylic oxidation sites excluding steroid dienone is 3. The number of carbonyl (C=O) groups excluding carboxylic acids is 1. The number of ether oxygens (including phenoxy) is 2. The van der Waals surface area contributed by atoms with Crippen LogP contribution in [-0.4, -0.2) is 48.3 Å². The van der Waals surface area contributed by atoms with Crippen molar-refractivity contribution in [2.24, 2.45) is 5.92 Å². The van der Waals surface area contributed by atoms with Crippen LogP contribution >= 0.6 is 0 Å². The molecule has 6 nitrogen and oxygen atoms in total. The quantitative estimate of drug-likeness (QED) is 0.0631. The van der Waals surface area contributed by atoms with Gasteiger partial charge >= 0.3 is 5.97 Å². The number of rotatable bonds is 19. The molecular formula is C40H58O6SSi. The van der Waals surface area contributed by atoms with Crippen LogP contribution in [0, 0.1) is 5.92 Å². The normalized spacial score (nSPS) is 14.8. The molecule has 0 N–H and O–H groups in total. The van der Waals surface area contributed by atoms with E-state index in [2.05, 4.69) is 66.4 Å². The summed E-state index contributed by atoms with van der Waals surface area (Å²) in [5, 5.41) is 0.184. The highest BCUT2D eigenvalue weighted by atomic mass is 32.2. The van der Waals surface area contributed by atoms with Gasteiger partial charge in [-0.15, -0.1) is 0 Å². The van der Waals surface area contributed by atoms with Gasteiger partial charge in [0.25, 0.3) is 0 Å². The van der Waals surface area contributed by atoms with E-state index in [-0.39, 0.29) is 22.3 Å². The summed E-state index contributed by atoms with van der Waals surface area (Å²) in [4.78, 5) is 13.3. The fourth-order valence-electron chi connectivity index (χ4n) is 4.80. The van der Waals surface area contributed by atoms with Crippen LogP contribution in [-0.2, 0) is 35.1 Å². The molecule has 48 heavy (non-hydrogen) atoms. The SMILES string of the molecule is C=C(C)[C@@H](CS(=O)(=O)c1ccccc1)[C@H](/C=C(\CC/C=C(\C)CC/C=C(\C)CO[Si](C)(C)C(C)(C)C)C(=O)OC)OCc1ccccc1. The second kappa shape index (κ2) is 19.2. The Morgan fingerprint density at radius 3 is 2.02 bits per heavy atom. The lowest BCUT2D eigenvalue weighted by molar-refractivity contribution is -0.136. The van der Waals surface area contributed by atoms with Crippen molar-refractivity contribution in [1.82, 2.24) is 0 Å². The van der Waals surface area contributed by atoms with Crippen molar-refractivity contribution in [3.63, 3.8) is 0 Å². The number of sulfone groups is 1. The van der Waals surface area contributed by atoms with Crippen molar-refractivity contribution in [2.45, 2.75) is 103 Å². The van der Waals surface area contributed by atoms with Gasteiger partial charge in [0, 0.05) is 11.5 Å². The van der Waals surface area contributed by atoms with Gasteiger partial charge in [0.2, 0.25) is 0 Å². The van der Waals surface area contributed by atoms with Crippen LogP contribution in [0.3, 0.4) is 0 Å². The Morgan fingerprint density at radius 1 is 0.896 bits per heavy atom. The van der Waals surface area contributed by atoms with Crippen molar-refractivity contribution < 1.29 is 27.1 Å². The first-order valence-electron chi connectivity index (χ1n) is 16.8. The zero-order chi connectivity index (χ0) is 36.0. The zero-order valence-corrected chi connectivity index (χ0v) is 32.5. The van der Waals surface area contributed by atoms with E-state index in [9.17, 15) is 13.2 Å². The predicted molar refractivity (Wildman–Crippen MR) is 201 cm³/mol. The molecule has 0 radical (unpaired) electrons. The molecule has 0 spiro atoms. The molecule has 0 saturated heterocycles. The minimum atomic E-state index is -3.66. The molecule has 0 aliphatic carbocycles. The highest BCUT2D eigenvalue weighted by Crippen LogP contribution is 2.36. The number of hydrogen-bond acceptors (Lipinski definition) is 6. The maximum absolute atomic E-state index is 13.5. The van der Waals surface area contributed by atoms with Gasteiger partial charge in [0.05, 0.1) is 37.1 Å². The Balaban J connectivity index is 2.23. The lowest BCUT2D eigenvalue weighted by atomic mass is 9.94. The minimum Gasteiger partial charge on any atom is -0.466 e. The van der Waals surface area contributed by atoms with Crippen molar-refractivity contribution in [3.05, 3.63) is 113 Å². The van der Waals surface area contributed by atoms with Crippen LogP contribution < -0.4 is 0 Å². The van der Waals surface area contributed by atoms with Gasteiger partial charge in [-0.25, -0.2) is 13.2 Å². The Labute approximate surface area is 292 Å². The first-order chi connectivity index (χ1) is 22.5. The zero-order valence-electron chi connectivity index (χ0n) is 30.7. The summed E-state index contributed by atoms with van der Waals surface area (Å²) in [7, 11) is -4.09. The fraction of sp³-hybridized carbons (Fsp3) is 0.475. The maximum Gasteiger partial charge on any atom is 0.333 e. The Morgan fingerprint density at radius 2 is 1.46 bits per heavy atom. The molecule has 0 unspecified atom stereocenters. The number of hydrogen-bond donors (Lipinski definition) is 0. The van der Waals surface area contributed by atoms with E-state index in [1.54, 1.807) is 43.3 Å². The third-order valence-electron chi connectivity index (χ3n) is 9.03. The third-order valence-corrected chi connectivity index (χ3v) is 15.3. The molecule has 8 heteroatoms. The molecular weight excluding hydrogens is 637 g/mol. The summed E-state index contributed by atoms with van der Waals surface area (Å²) in [5.41, 5.74) is 4.52.